The van der Waals surface area contributed by atoms with Gasteiger partial charge in [-0.15, -0.1) is 0 Å². The Labute approximate surface area is 96.5 Å². The zero-order valence-corrected chi connectivity index (χ0v) is 10.4. The number of hydrogen-bond acceptors (Lipinski definition) is 4. The molecule has 0 unspecified atom stereocenters. The van der Waals surface area contributed by atoms with Gasteiger partial charge in [0.25, 0.3) is 5.17 Å². The minimum absolute atomic E-state index is 0.153. The van der Waals surface area contributed by atoms with E-state index in [0.717, 1.165) is 19.3 Å². The van der Waals surface area contributed by atoms with Gasteiger partial charge in [0, 0.05) is 20.5 Å². The fourth-order valence-corrected chi connectivity index (χ4v) is 1.02. The van der Waals surface area contributed by atoms with Gasteiger partial charge in [-0.25, -0.2) is 0 Å². The van der Waals surface area contributed by atoms with E-state index in [-0.39, 0.29) is 5.97 Å². The number of nitrogens with zero attached hydrogens (tertiary/aromatic N) is 1. The molecule has 0 bridgehead atoms. The summed E-state index contributed by atoms with van der Waals surface area (Å²) in [6.07, 6.45) is 3.18. The summed E-state index contributed by atoms with van der Waals surface area (Å²) < 4.78 is 9.81. The van der Waals surface area contributed by atoms with Crippen LogP contribution in [0.15, 0.2) is 0 Å². The molecule has 0 aliphatic heterocycles. The molecular formula is C10H19NO3S. The quantitative estimate of drug-likeness (QED) is 0.396. The fourth-order valence-electron chi connectivity index (χ4n) is 0.939. The van der Waals surface area contributed by atoms with Crippen molar-refractivity contribution in [3.63, 3.8) is 0 Å². The van der Waals surface area contributed by atoms with Crippen LogP contribution in [-0.2, 0) is 14.3 Å². The molecule has 0 fully saturated rings. The lowest BCUT2D eigenvalue weighted by Crippen LogP contribution is -2.22. The molecule has 0 saturated carbocycles. The summed E-state index contributed by atoms with van der Waals surface area (Å²) in [6.45, 7) is 0.609. The second-order valence-electron chi connectivity index (χ2n) is 3.40. The molecule has 15 heavy (non-hydrogen) atoms. The first-order valence-corrected chi connectivity index (χ1v) is 5.39. The number of thiocarbonyl (C=S) groups is 1. The van der Waals surface area contributed by atoms with Crippen LogP contribution in [0, 0.1) is 0 Å². The highest BCUT2D eigenvalue weighted by molar-refractivity contribution is 7.80. The first-order valence-electron chi connectivity index (χ1n) is 4.99. The van der Waals surface area contributed by atoms with Crippen LogP contribution in [0.3, 0.4) is 0 Å². The summed E-state index contributed by atoms with van der Waals surface area (Å²) in [5, 5.41) is 0.503. The van der Waals surface area contributed by atoms with E-state index in [1.807, 2.05) is 14.1 Å². The van der Waals surface area contributed by atoms with E-state index in [1.54, 1.807) is 4.90 Å². The standard InChI is InChI=1S/C10H19NO3S/c1-11(2)10(15)14-8-6-4-5-7-9(12)13-3/h4-8H2,1-3H3. The average Bonchev–Trinajstić information content (AvgIpc) is 2.22. The van der Waals surface area contributed by atoms with E-state index < -0.39 is 0 Å². The summed E-state index contributed by atoms with van der Waals surface area (Å²) in [4.78, 5) is 12.5. The first kappa shape index (κ1) is 14.2. The summed E-state index contributed by atoms with van der Waals surface area (Å²) >= 11 is 4.95. The topological polar surface area (TPSA) is 38.8 Å². The number of unbranched alkanes of at least 4 members (excludes halogenated alkanes) is 2. The molecule has 88 valence electrons. The average molecular weight is 233 g/mol. The lowest BCUT2D eigenvalue weighted by molar-refractivity contribution is -0.140. The molecule has 0 aliphatic rings. The Morgan fingerprint density at radius 1 is 1.27 bits per heavy atom. The van der Waals surface area contributed by atoms with Gasteiger partial charge >= 0.3 is 5.97 Å². The normalized spacial score (nSPS) is 9.53. The molecule has 0 radical (unpaired) electrons. The predicted molar refractivity (Wildman–Crippen MR) is 62.7 cm³/mol. The Morgan fingerprint density at radius 2 is 1.93 bits per heavy atom. The van der Waals surface area contributed by atoms with Crippen molar-refractivity contribution in [1.29, 1.82) is 0 Å². The van der Waals surface area contributed by atoms with Crippen LogP contribution in [0.2, 0.25) is 0 Å². The number of esters is 1. The van der Waals surface area contributed by atoms with E-state index in [4.69, 9.17) is 17.0 Å². The van der Waals surface area contributed by atoms with Crippen molar-refractivity contribution in [1.82, 2.24) is 4.90 Å². The van der Waals surface area contributed by atoms with Gasteiger partial charge in [0.1, 0.15) is 0 Å². The van der Waals surface area contributed by atoms with E-state index in [9.17, 15) is 4.79 Å². The molecule has 0 amide bonds. The van der Waals surface area contributed by atoms with Crippen molar-refractivity contribution < 1.29 is 14.3 Å². The third kappa shape index (κ3) is 8.17. The van der Waals surface area contributed by atoms with Gasteiger partial charge in [-0.3, -0.25) is 4.79 Å². The van der Waals surface area contributed by atoms with Crippen molar-refractivity contribution in [3.05, 3.63) is 0 Å². The number of methoxy groups -OCH3 is 1. The number of carbonyl (C=O) groups is 1. The molecule has 0 aromatic rings. The molecule has 0 N–H and O–H groups in total. The van der Waals surface area contributed by atoms with Crippen molar-refractivity contribution in [2.75, 3.05) is 27.8 Å². The van der Waals surface area contributed by atoms with E-state index in [0.29, 0.717) is 18.2 Å². The van der Waals surface area contributed by atoms with Gasteiger partial charge in [-0.2, -0.15) is 0 Å². The van der Waals surface area contributed by atoms with E-state index in [1.165, 1.54) is 7.11 Å². The van der Waals surface area contributed by atoms with E-state index >= 15 is 0 Å². The van der Waals surface area contributed by atoms with Crippen LogP contribution in [0.4, 0.5) is 0 Å². The monoisotopic (exact) mass is 233 g/mol. The van der Waals surface area contributed by atoms with Crippen LogP contribution in [0.25, 0.3) is 0 Å². The number of rotatable bonds is 6. The largest absolute Gasteiger partial charge is 0.471 e. The van der Waals surface area contributed by atoms with Crippen molar-refractivity contribution in [2.45, 2.75) is 25.7 Å². The molecule has 0 heterocycles. The number of hydrogen-bond donors (Lipinski definition) is 0. The third-order valence-corrected chi connectivity index (χ3v) is 2.33. The van der Waals surface area contributed by atoms with Gasteiger partial charge in [0.15, 0.2) is 0 Å². The molecule has 0 aromatic carbocycles. The van der Waals surface area contributed by atoms with Crippen LogP contribution in [-0.4, -0.2) is 43.9 Å². The molecule has 4 nitrogen and oxygen atoms in total. The molecule has 0 aromatic heterocycles. The Hall–Kier alpha value is -0.840. The molecule has 0 spiro atoms. The maximum atomic E-state index is 10.8. The Kier molecular flexibility index (Phi) is 7.99. The highest BCUT2D eigenvalue weighted by Gasteiger charge is 2.01. The van der Waals surface area contributed by atoms with Gasteiger partial charge in [0.2, 0.25) is 0 Å². The lowest BCUT2D eigenvalue weighted by Gasteiger charge is -2.13. The SMILES string of the molecule is COC(=O)CCCCCOC(=S)N(C)C. The van der Waals surface area contributed by atoms with E-state index in [2.05, 4.69) is 4.74 Å². The van der Waals surface area contributed by atoms with Crippen LogP contribution in [0.5, 0.6) is 0 Å². The zero-order valence-electron chi connectivity index (χ0n) is 9.62. The van der Waals surface area contributed by atoms with Crippen LogP contribution in [0.1, 0.15) is 25.7 Å². The highest BCUT2D eigenvalue weighted by atomic mass is 32.1. The Morgan fingerprint density at radius 3 is 2.47 bits per heavy atom. The molecular weight excluding hydrogens is 214 g/mol. The highest BCUT2D eigenvalue weighted by Crippen LogP contribution is 2.01. The smallest absolute Gasteiger partial charge is 0.305 e. The third-order valence-electron chi connectivity index (χ3n) is 1.84. The van der Waals surface area contributed by atoms with Gasteiger partial charge in [-0.05, 0) is 31.5 Å². The second kappa shape index (κ2) is 8.47. The molecule has 0 aliphatic carbocycles. The van der Waals surface area contributed by atoms with Crippen molar-refractivity contribution in [2.24, 2.45) is 0 Å². The zero-order chi connectivity index (χ0) is 11.7. The first-order chi connectivity index (χ1) is 7.07. The lowest BCUT2D eigenvalue weighted by atomic mass is 10.2. The number of ether oxygens (including phenoxy) is 2. The predicted octanol–water partition coefficient (Wildman–Crippen LogP) is 1.58. The minimum Gasteiger partial charge on any atom is -0.471 e. The Balaban J connectivity index is 3.25. The molecule has 0 saturated heterocycles. The summed E-state index contributed by atoms with van der Waals surface area (Å²) in [7, 11) is 5.10. The summed E-state index contributed by atoms with van der Waals surface area (Å²) in [5.74, 6) is -0.153. The fraction of sp³-hybridized carbons (Fsp3) is 0.800. The summed E-state index contributed by atoms with van der Waals surface area (Å²) in [6, 6.07) is 0. The maximum absolute atomic E-state index is 10.8. The molecule has 5 heteroatoms. The van der Waals surface area contributed by atoms with Gasteiger partial charge < -0.3 is 14.4 Å². The van der Waals surface area contributed by atoms with Crippen LogP contribution >= 0.6 is 12.2 Å². The van der Waals surface area contributed by atoms with Gasteiger partial charge in [-0.1, -0.05) is 0 Å². The second-order valence-corrected chi connectivity index (χ2v) is 3.74. The minimum atomic E-state index is -0.153. The summed E-state index contributed by atoms with van der Waals surface area (Å²) in [5.41, 5.74) is 0. The maximum Gasteiger partial charge on any atom is 0.305 e. The Bertz CT molecular complexity index is 207. The van der Waals surface area contributed by atoms with Crippen LogP contribution < -0.4 is 0 Å². The molecule has 0 rings (SSSR count). The molecule has 0 atom stereocenters. The van der Waals surface area contributed by atoms with Crippen molar-refractivity contribution >= 4 is 23.4 Å². The van der Waals surface area contributed by atoms with Crippen molar-refractivity contribution in [3.8, 4) is 0 Å². The van der Waals surface area contributed by atoms with Gasteiger partial charge in [0.05, 0.1) is 13.7 Å². The number of carbonyl (C=O) groups excluding carboxylic acids is 1.